The number of halogens is 1. The molecule has 2 aromatic carbocycles. The van der Waals surface area contributed by atoms with Crippen molar-refractivity contribution in [1.29, 1.82) is 0 Å². The molecule has 0 unspecified atom stereocenters. The fourth-order valence-corrected chi connectivity index (χ4v) is 3.91. The Morgan fingerprint density at radius 3 is 2.81 bits per heavy atom. The second-order valence-electron chi connectivity index (χ2n) is 8.10. The summed E-state index contributed by atoms with van der Waals surface area (Å²) in [4.78, 5) is 16.2. The zero-order chi connectivity index (χ0) is 21.7. The van der Waals surface area contributed by atoms with Gasteiger partial charge >= 0.3 is 0 Å². The summed E-state index contributed by atoms with van der Waals surface area (Å²) in [5, 5.41) is 9.41. The number of carbonyl (C=O) groups is 1. The van der Waals surface area contributed by atoms with E-state index < -0.39 is 0 Å². The molecule has 1 heterocycles. The highest BCUT2D eigenvalue weighted by atomic mass is 19.1. The van der Waals surface area contributed by atoms with Crippen LogP contribution in [0.25, 0.3) is 0 Å². The number of fused-ring (bicyclic) bond motifs is 1. The summed E-state index contributed by atoms with van der Waals surface area (Å²) in [5.41, 5.74) is 2.56. The average molecular weight is 425 g/mol. The van der Waals surface area contributed by atoms with Crippen LogP contribution in [0.1, 0.15) is 37.3 Å². The van der Waals surface area contributed by atoms with Crippen LogP contribution in [0.2, 0.25) is 0 Å². The van der Waals surface area contributed by atoms with E-state index in [0.717, 1.165) is 48.4 Å². The quantitative estimate of drug-likeness (QED) is 0.345. The van der Waals surface area contributed by atoms with Crippen LogP contribution in [-0.2, 0) is 16.6 Å². The molecule has 1 fully saturated rings. The molecule has 2 aromatic rings. The number of anilines is 1. The lowest BCUT2D eigenvalue weighted by Crippen LogP contribution is -2.40. The zero-order valence-electron chi connectivity index (χ0n) is 17.8. The monoisotopic (exact) mass is 424 g/mol. The van der Waals surface area contributed by atoms with Crippen molar-refractivity contribution in [3.63, 3.8) is 0 Å². The van der Waals surface area contributed by atoms with Gasteiger partial charge in [0.1, 0.15) is 18.2 Å². The van der Waals surface area contributed by atoms with Gasteiger partial charge in [0, 0.05) is 24.1 Å². The van der Waals surface area contributed by atoms with Gasteiger partial charge in [-0.3, -0.25) is 9.79 Å². The lowest BCUT2D eigenvalue weighted by Gasteiger charge is -2.18. The number of nitrogens with zero attached hydrogens (tertiary/aromatic N) is 1. The van der Waals surface area contributed by atoms with Crippen molar-refractivity contribution in [2.24, 2.45) is 4.99 Å². The smallest absolute Gasteiger partial charge is 0.224 e. The highest BCUT2D eigenvalue weighted by Gasteiger charge is 2.45. The zero-order valence-corrected chi connectivity index (χ0v) is 17.8. The normalized spacial score (nSPS) is 16.8. The summed E-state index contributed by atoms with van der Waals surface area (Å²) in [6.45, 7) is 4.39. The highest BCUT2D eigenvalue weighted by molar-refractivity contribution is 5.94. The molecule has 0 saturated heterocycles. The van der Waals surface area contributed by atoms with Crippen LogP contribution in [0.4, 0.5) is 10.1 Å². The van der Waals surface area contributed by atoms with Crippen LogP contribution in [0.3, 0.4) is 0 Å². The third-order valence-corrected chi connectivity index (χ3v) is 5.82. The molecule has 164 valence electrons. The maximum Gasteiger partial charge on any atom is 0.224 e. The Balaban J connectivity index is 1.29. The predicted octanol–water partition coefficient (Wildman–Crippen LogP) is 3.38. The van der Waals surface area contributed by atoms with Crippen molar-refractivity contribution in [3.8, 4) is 5.75 Å². The number of nitrogens with one attached hydrogen (secondary N) is 3. The van der Waals surface area contributed by atoms with Crippen LogP contribution in [0.15, 0.2) is 47.5 Å². The topological polar surface area (TPSA) is 74.8 Å². The molecule has 0 aromatic heterocycles. The molecule has 7 heteroatoms. The van der Waals surface area contributed by atoms with E-state index in [1.807, 2.05) is 37.3 Å². The van der Waals surface area contributed by atoms with Crippen molar-refractivity contribution < 1.29 is 13.9 Å². The molecule has 0 spiro atoms. The van der Waals surface area contributed by atoms with Gasteiger partial charge in [-0.1, -0.05) is 18.2 Å². The van der Waals surface area contributed by atoms with Gasteiger partial charge in [-0.2, -0.15) is 0 Å². The lowest BCUT2D eigenvalue weighted by atomic mass is 9.95. The third-order valence-electron chi connectivity index (χ3n) is 5.82. The third kappa shape index (κ3) is 5.16. The summed E-state index contributed by atoms with van der Waals surface area (Å²) >= 11 is 0. The van der Waals surface area contributed by atoms with Gasteiger partial charge in [-0.15, -0.1) is 0 Å². The Morgan fingerprint density at radius 1 is 1.19 bits per heavy atom. The molecule has 4 rings (SSSR count). The first-order valence-electron chi connectivity index (χ1n) is 10.9. The molecule has 2 aliphatic rings. The number of aryl methyl sites for hydroxylation is 1. The molecule has 3 N–H and O–H groups in total. The van der Waals surface area contributed by atoms with E-state index in [4.69, 9.17) is 9.73 Å². The van der Waals surface area contributed by atoms with E-state index in [0.29, 0.717) is 32.1 Å². The van der Waals surface area contributed by atoms with Crippen LogP contribution < -0.4 is 20.7 Å². The summed E-state index contributed by atoms with van der Waals surface area (Å²) < 4.78 is 20.1. The number of rotatable bonds is 8. The fourth-order valence-electron chi connectivity index (χ4n) is 3.91. The summed E-state index contributed by atoms with van der Waals surface area (Å²) in [6, 6.07) is 12.7. The molecule has 1 saturated carbocycles. The number of ether oxygens (including phenoxy) is 1. The van der Waals surface area contributed by atoms with Gasteiger partial charge in [-0.25, -0.2) is 4.39 Å². The van der Waals surface area contributed by atoms with Gasteiger partial charge in [-0.05, 0) is 61.6 Å². The van der Waals surface area contributed by atoms with E-state index in [-0.39, 0.29) is 17.1 Å². The first kappa shape index (κ1) is 21.2. The largest absolute Gasteiger partial charge is 0.492 e. The fraction of sp³-hybridized carbons (Fsp3) is 0.417. The number of benzene rings is 2. The van der Waals surface area contributed by atoms with Gasteiger partial charge in [0.05, 0.1) is 13.1 Å². The van der Waals surface area contributed by atoms with Crippen LogP contribution >= 0.6 is 0 Å². The molecular formula is C24H29FN4O2. The van der Waals surface area contributed by atoms with Crippen molar-refractivity contribution in [2.45, 2.75) is 38.0 Å². The van der Waals surface area contributed by atoms with E-state index in [1.165, 1.54) is 6.07 Å². The molecular weight excluding hydrogens is 395 g/mol. The highest BCUT2D eigenvalue weighted by Crippen LogP contribution is 2.49. The maximum absolute atomic E-state index is 14.2. The first-order chi connectivity index (χ1) is 15.1. The Hall–Kier alpha value is -3.09. The molecule has 1 aliphatic carbocycles. The van der Waals surface area contributed by atoms with Crippen LogP contribution in [0, 0.1) is 5.82 Å². The Labute approximate surface area is 182 Å². The Morgan fingerprint density at radius 2 is 2.03 bits per heavy atom. The number of hydrogen-bond acceptors (Lipinski definition) is 3. The Bertz CT molecular complexity index is 972. The maximum atomic E-state index is 14.2. The predicted molar refractivity (Wildman–Crippen MR) is 120 cm³/mol. The van der Waals surface area contributed by atoms with Crippen molar-refractivity contribution in [1.82, 2.24) is 10.6 Å². The van der Waals surface area contributed by atoms with Crippen molar-refractivity contribution >= 4 is 17.6 Å². The molecule has 0 bridgehead atoms. The summed E-state index contributed by atoms with van der Waals surface area (Å²) in [6.07, 6.45) is 3.16. The van der Waals surface area contributed by atoms with Gasteiger partial charge in [0.15, 0.2) is 5.96 Å². The number of carbonyl (C=O) groups excluding carboxylic acids is 1. The van der Waals surface area contributed by atoms with E-state index in [1.54, 1.807) is 6.07 Å². The number of guanidine groups is 1. The lowest BCUT2D eigenvalue weighted by molar-refractivity contribution is -0.116. The van der Waals surface area contributed by atoms with Crippen LogP contribution in [0.5, 0.6) is 5.75 Å². The van der Waals surface area contributed by atoms with Gasteiger partial charge in [0.25, 0.3) is 0 Å². The average Bonchev–Trinajstić information content (AvgIpc) is 3.56. The van der Waals surface area contributed by atoms with Gasteiger partial charge in [0.2, 0.25) is 5.91 Å². The molecule has 0 atom stereocenters. The number of hydrogen-bond donors (Lipinski definition) is 3. The second-order valence-corrected chi connectivity index (χ2v) is 8.10. The SMILES string of the molecule is CCNC(=NCC1(c2ccccc2F)CC1)NCCOc1ccc2c(c1)CCC(=O)N2. The van der Waals surface area contributed by atoms with Crippen molar-refractivity contribution in [2.75, 3.05) is 31.6 Å². The van der Waals surface area contributed by atoms with Crippen molar-refractivity contribution in [3.05, 3.63) is 59.4 Å². The van der Waals surface area contributed by atoms with E-state index in [9.17, 15) is 9.18 Å². The molecule has 0 radical (unpaired) electrons. The van der Waals surface area contributed by atoms with Crippen LogP contribution in [-0.4, -0.2) is 38.1 Å². The standard InChI is InChI=1S/C24H29FN4O2/c1-2-26-23(28-16-24(11-12-24)19-5-3-4-6-20(19)25)27-13-14-31-18-8-9-21-17(15-18)7-10-22(30)29-21/h3-6,8-9,15H,2,7,10-14,16H2,1H3,(H,29,30)(H2,26,27,28). The number of aliphatic imine (C=N–C) groups is 1. The minimum absolute atomic E-state index is 0.0589. The molecule has 6 nitrogen and oxygen atoms in total. The second kappa shape index (κ2) is 9.37. The first-order valence-corrected chi connectivity index (χ1v) is 10.9. The molecule has 1 amide bonds. The van der Waals surface area contributed by atoms with E-state index in [2.05, 4.69) is 16.0 Å². The Kier molecular flexibility index (Phi) is 6.39. The minimum Gasteiger partial charge on any atom is -0.492 e. The minimum atomic E-state index is -0.178. The summed E-state index contributed by atoms with van der Waals surface area (Å²) in [7, 11) is 0. The summed E-state index contributed by atoms with van der Waals surface area (Å²) in [5.74, 6) is 1.41. The number of amides is 1. The molecule has 1 aliphatic heterocycles. The van der Waals surface area contributed by atoms with E-state index >= 15 is 0 Å². The van der Waals surface area contributed by atoms with Gasteiger partial charge < -0.3 is 20.7 Å². The molecule has 31 heavy (non-hydrogen) atoms.